The third-order valence-electron chi connectivity index (χ3n) is 1.64. The summed E-state index contributed by atoms with van der Waals surface area (Å²) in [6, 6.07) is 2.01. The highest BCUT2D eigenvalue weighted by Crippen LogP contribution is 2.21. The van der Waals surface area contributed by atoms with Crippen LogP contribution >= 0.6 is 0 Å². The molecule has 1 aromatic rings. The molecule has 0 fully saturated rings. The van der Waals surface area contributed by atoms with E-state index in [-0.39, 0.29) is 0 Å². The van der Waals surface area contributed by atoms with Gasteiger partial charge in [-0.3, -0.25) is 4.79 Å². The monoisotopic (exact) mass is 249 g/mol. The lowest BCUT2D eigenvalue weighted by Gasteiger charge is -2.06. The molecule has 0 saturated carbocycles. The van der Waals surface area contributed by atoms with Crippen molar-refractivity contribution >= 4 is 10.0 Å². The SMILES string of the molecule is N#Cc1cc(=O)c(S(N)(=O)=O)c(C(F)F)[nH]1. The number of aromatic amines is 1. The first-order valence-corrected chi connectivity index (χ1v) is 5.30. The molecular formula is C7H5F2N3O3S. The zero-order valence-corrected chi connectivity index (χ0v) is 8.38. The Kier molecular flexibility index (Phi) is 3.06. The second-order valence-corrected chi connectivity index (χ2v) is 4.25. The van der Waals surface area contributed by atoms with Crippen LogP contribution in [0.5, 0.6) is 0 Å². The summed E-state index contributed by atoms with van der Waals surface area (Å²) in [7, 11) is -4.57. The number of pyridine rings is 1. The first kappa shape index (κ1) is 12.3. The zero-order chi connectivity index (χ0) is 12.5. The summed E-state index contributed by atoms with van der Waals surface area (Å²) in [5.74, 6) is 0. The van der Waals surface area contributed by atoms with E-state index in [0.717, 1.165) is 0 Å². The molecule has 86 valence electrons. The summed E-state index contributed by atoms with van der Waals surface area (Å²) in [6.45, 7) is 0. The number of hydrogen-bond donors (Lipinski definition) is 2. The number of nitriles is 1. The predicted octanol–water partition coefficient (Wildman–Crippen LogP) is -0.168. The number of nitrogens with two attached hydrogens (primary N) is 1. The van der Waals surface area contributed by atoms with Gasteiger partial charge in [-0.05, 0) is 0 Å². The van der Waals surface area contributed by atoms with E-state index < -0.39 is 38.2 Å². The van der Waals surface area contributed by atoms with E-state index in [1.165, 1.54) is 6.07 Å². The van der Waals surface area contributed by atoms with Gasteiger partial charge in [-0.2, -0.15) is 5.26 Å². The normalized spacial score (nSPS) is 11.4. The molecule has 0 bridgehead atoms. The maximum absolute atomic E-state index is 12.5. The van der Waals surface area contributed by atoms with Gasteiger partial charge in [-0.1, -0.05) is 0 Å². The molecule has 0 saturated heterocycles. The number of hydrogen-bond acceptors (Lipinski definition) is 4. The third-order valence-corrected chi connectivity index (χ3v) is 2.63. The fourth-order valence-corrected chi connectivity index (χ4v) is 1.86. The van der Waals surface area contributed by atoms with Crippen LogP contribution in [0.2, 0.25) is 0 Å². The molecule has 0 aliphatic carbocycles. The first-order valence-electron chi connectivity index (χ1n) is 3.75. The van der Waals surface area contributed by atoms with Crippen molar-refractivity contribution < 1.29 is 17.2 Å². The highest BCUT2D eigenvalue weighted by molar-refractivity contribution is 7.89. The zero-order valence-electron chi connectivity index (χ0n) is 7.57. The summed E-state index contributed by atoms with van der Waals surface area (Å²) >= 11 is 0. The fraction of sp³-hybridized carbons (Fsp3) is 0.143. The summed E-state index contributed by atoms with van der Waals surface area (Å²) in [5, 5.41) is 13.0. The van der Waals surface area contributed by atoms with Gasteiger partial charge >= 0.3 is 0 Å². The van der Waals surface area contributed by atoms with Crippen molar-refractivity contribution in [2.75, 3.05) is 0 Å². The third kappa shape index (κ3) is 2.23. The molecule has 3 N–H and O–H groups in total. The molecule has 0 radical (unpaired) electrons. The Hall–Kier alpha value is -1.79. The summed E-state index contributed by atoms with van der Waals surface area (Å²) in [6.07, 6.45) is -3.26. The van der Waals surface area contributed by atoms with Gasteiger partial charge in [-0.15, -0.1) is 0 Å². The van der Waals surface area contributed by atoms with E-state index in [2.05, 4.69) is 5.14 Å². The number of alkyl halides is 2. The van der Waals surface area contributed by atoms with Crippen molar-refractivity contribution in [3.8, 4) is 6.07 Å². The minimum atomic E-state index is -4.57. The smallest absolute Gasteiger partial charge is 0.279 e. The lowest BCUT2D eigenvalue weighted by molar-refractivity contribution is 0.142. The lowest BCUT2D eigenvalue weighted by atomic mass is 10.3. The molecule has 16 heavy (non-hydrogen) atoms. The molecule has 0 aliphatic rings. The largest absolute Gasteiger partial charge is 0.344 e. The fourth-order valence-electron chi connectivity index (χ4n) is 1.07. The molecule has 1 rings (SSSR count). The van der Waals surface area contributed by atoms with Gasteiger partial charge in [0.05, 0.1) is 0 Å². The molecule has 0 aromatic carbocycles. The van der Waals surface area contributed by atoms with Crippen molar-refractivity contribution in [3.05, 3.63) is 27.7 Å². The van der Waals surface area contributed by atoms with E-state index >= 15 is 0 Å². The number of aromatic nitrogens is 1. The number of H-pyrrole nitrogens is 1. The number of halogens is 2. The minimum absolute atomic E-state index is 0.465. The Labute approximate surface area is 88.4 Å². The topological polar surface area (TPSA) is 117 Å². The minimum Gasteiger partial charge on any atom is -0.344 e. The summed E-state index contributed by atoms with van der Waals surface area (Å²) < 4.78 is 46.7. The lowest BCUT2D eigenvalue weighted by Crippen LogP contribution is -2.25. The standard InChI is InChI=1S/C7H5F2N3O3S/c8-7(9)5-6(16(11,14)15)4(13)1-3(2-10)12-5/h1,7H,(H,12,13)(H2,11,14,15). The van der Waals surface area contributed by atoms with Crippen LogP contribution in [0.3, 0.4) is 0 Å². The van der Waals surface area contributed by atoms with E-state index in [1.807, 2.05) is 4.98 Å². The summed E-state index contributed by atoms with van der Waals surface area (Å²) in [5.41, 5.74) is -2.88. The van der Waals surface area contributed by atoms with Crippen LogP contribution in [0.1, 0.15) is 17.8 Å². The Balaban J connectivity index is 3.76. The van der Waals surface area contributed by atoms with Gasteiger partial charge in [0.2, 0.25) is 15.5 Å². The first-order chi connectivity index (χ1) is 7.27. The number of nitrogens with one attached hydrogen (secondary N) is 1. The molecule has 9 heteroatoms. The molecule has 1 heterocycles. The quantitative estimate of drug-likeness (QED) is 0.756. The Bertz CT molecular complexity index is 615. The van der Waals surface area contributed by atoms with Crippen molar-refractivity contribution in [2.24, 2.45) is 5.14 Å². The van der Waals surface area contributed by atoms with Crippen molar-refractivity contribution in [2.45, 2.75) is 11.3 Å². The van der Waals surface area contributed by atoms with E-state index in [9.17, 15) is 22.0 Å². The molecule has 1 aromatic heterocycles. The maximum atomic E-state index is 12.5. The van der Waals surface area contributed by atoms with Gasteiger partial charge < -0.3 is 4.98 Å². The maximum Gasteiger partial charge on any atom is 0.279 e. The van der Waals surface area contributed by atoms with Crippen molar-refractivity contribution in [3.63, 3.8) is 0 Å². The van der Waals surface area contributed by atoms with Gasteiger partial charge in [-0.25, -0.2) is 22.3 Å². The average molecular weight is 249 g/mol. The number of nitrogens with zero attached hydrogens (tertiary/aromatic N) is 1. The molecule has 6 nitrogen and oxygen atoms in total. The van der Waals surface area contributed by atoms with Gasteiger partial charge in [0.15, 0.2) is 4.90 Å². The Morgan fingerprint density at radius 3 is 2.44 bits per heavy atom. The molecule has 0 spiro atoms. The highest BCUT2D eigenvalue weighted by Gasteiger charge is 2.25. The summed E-state index contributed by atoms with van der Waals surface area (Å²) in [4.78, 5) is 11.8. The van der Waals surface area contributed by atoms with Crippen molar-refractivity contribution in [1.29, 1.82) is 5.26 Å². The number of rotatable bonds is 2. The van der Waals surface area contributed by atoms with Crippen LogP contribution in [0.25, 0.3) is 0 Å². The van der Waals surface area contributed by atoms with Gasteiger partial charge in [0.25, 0.3) is 6.43 Å². The van der Waals surface area contributed by atoms with Crippen molar-refractivity contribution in [1.82, 2.24) is 4.98 Å². The molecule has 0 atom stereocenters. The van der Waals surface area contributed by atoms with Crippen LogP contribution in [0, 0.1) is 11.3 Å². The molecule has 0 unspecified atom stereocenters. The molecular weight excluding hydrogens is 244 g/mol. The second-order valence-electron chi connectivity index (χ2n) is 2.75. The Morgan fingerprint density at radius 1 is 1.50 bits per heavy atom. The van der Waals surface area contributed by atoms with Crippen LogP contribution in [-0.2, 0) is 10.0 Å². The van der Waals surface area contributed by atoms with Crippen LogP contribution in [0.15, 0.2) is 15.8 Å². The number of primary sulfonamides is 1. The van der Waals surface area contributed by atoms with Gasteiger partial charge in [0, 0.05) is 6.07 Å². The van der Waals surface area contributed by atoms with Crippen LogP contribution in [-0.4, -0.2) is 13.4 Å². The van der Waals surface area contributed by atoms with E-state index in [1.54, 1.807) is 0 Å². The predicted molar refractivity (Wildman–Crippen MR) is 48.1 cm³/mol. The highest BCUT2D eigenvalue weighted by atomic mass is 32.2. The van der Waals surface area contributed by atoms with Crippen LogP contribution < -0.4 is 10.6 Å². The van der Waals surface area contributed by atoms with Gasteiger partial charge in [0.1, 0.15) is 17.5 Å². The molecule has 0 amide bonds. The van der Waals surface area contributed by atoms with E-state index in [4.69, 9.17) is 5.26 Å². The Morgan fingerprint density at radius 2 is 2.06 bits per heavy atom. The molecule has 0 aliphatic heterocycles. The van der Waals surface area contributed by atoms with E-state index in [0.29, 0.717) is 6.07 Å². The average Bonchev–Trinajstić information content (AvgIpc) is 2.14. The van der Waals surface area contributed by atoms with Crippen LogP contribution in [0.4, 0.5) is 8.78 Å². The second kappa shape index (κ2) is 3.99. The number of sulfonamides is 1.